The highest BCUT2D eigenvalue weighted by Crippen LogP contribution is 2.45. The summed E-state index contributed by atoms with van der Waals surface area (Å²) in [4.78, 5) is 46.0. The standard InChI is InChI=1S/C30H29N5O7/c1-29(2)40-18-24(41-29)25-30(27(37)32-17-19-9-5-4-6-10-19,28(38)35(25)20-13-15-21(39-3)16-14-20)42-26(36)22-11-7-8-12-23(22)33-34-31/h4-16,24-25H,17-18H2,1-3H3,(H,32,37)/t24-,25+,30+/m1/s1. The van der Waals surface area contributed by atoms with Crippen LogP contribution in [0.1, 0.15) is 29.8 Å². The second kappa shape index (κ2) is 11.5. The number of β-lactam (4-membered cyclic amide) rings is 1. The van der Waals surface area contributed by atoms with Crippen LogP contribution in [-0.4, -0.2) is 55.0 Å². The van der Waals surface area contributed by atoms with Gasteiger partial charge in [-0.05, 0) is 55.3 Å². The molecule has 3 atom stereocenters. The summed E-state index contributed by atoms with van der Waals surface area (Å²) >= 11 is 0. The van der Waals surface area contributed by atoms with Crippen LogP contribution in [0.5, 0.6) is 5.75 Å². The zero-order chi connectivity index (χ0) is 29.9. The van der Waals surface area contributed by atoms with E-state index in [1.54, 1.807) is 50.2 Å². The second-order valence-electron chi connectivity index (χ2n) is 10.2. The topological polar surface area (TPSA) is 152 Å². The number of ether oxygens (including phenoxy) is 4. The van der Waals surface area contributed by atoms with Gasteiger partial charge in [-0.3, -0.25) is 14.5 Å². The van der Waals surface area contributed by atoms with Gasteiger partial charge >= 0.3 is 5.97 Å². The molecule has 12 heteroatoms. The van der Waals surface area contributed by atoms with Crippen LogP contribution in [-0.2, 0) is 30.3 Å². The van der Waals surface area contributed by atoms with Crippen LogP contribution < -0.4 is 15.0 Å². The van der Waals surface area contributed by atoms with Crippen LogP contribution in [0, 0.1) is 0 Å². The molecule has 12 nitrogen and oxygen atoms in total. The quantitative estimate of drug-likeness (QED) is 0.0997. The van der Waals surface area contributed by atoms with Gasteiger partial charge in [0, 0.05) is 17.1 Å². The summed E-state index contributed by atoms with van der Waals surface area (Å²) in [6.45, 7) is 3.53. The van der Waals surface area contributed by atoms with Crippen molar-refractivity contribution < 1.29 is 33.3 Å². The first-order valence-electron chi connectivity index (χ1n) is 13.2. The third-order valence-corrected chi connectivity index (χ3v) is 7.13. The summed E-state index contributed by atoms with van der Waals surface area (Å²) in [6.07, 6.45) is -0.845. The van der Waals surface area contributed by atoms with E-state index in [1.165, 1.54) is 24.1 Å². The summed E-state index contributed by atoms with van der Waals surface area (Å²) < 4.78 is 23.1. The van der Waals surface area contributed by atoms with Crippen LogP contribution in [0.4, 0.5) is 11.4 Å². The molecule has 0 unspecified atom stereocenters. The van der Waals surface area contributed by atoms with E-state index in [-0.39, 0.29) is 24.4 Å². The molecule has 0 radical (unpaired) electrons. The molecule has 2 amide bonds. The van der Waals surface area contributed by atoms with Crippen molar-refractivity contribution in [2.75, 3.05) is 18.6 Å². The second-order valence-corrected chi connectivity index (χ2v) is 10.2. The van der Waals surface area contributed by atoms with Gasteiger partial charge in [-0.1, -0.05) is 53.6 Å². The first-order valence-corrected chi connectivity index (χ1v) is 13.2. The van der Waals surface area contributed by atoms with E-state index >= 15 is 0 Å². The number of rotatable bonds is 9. The highest BCUT2D eigenvalue weighted by Gasteiger charge is 2.73. The third kappa shape index (κ3) is 5.26. The molecule has 0 aromatic heterocycles. The predicted molar refractivity (Wildman–Crippen MR) is 151 cm³/mol. The van der Waals surface area contributed by atoms with Crippen LogP contribution in [0.3, 0.4) is 0 Å². The molecule has 2 aliphatic rings. The van der Waals surface area contributed by atoms with E-state index < -0.39 is 41.3 Å². The van der Waals surface area contributed by atoms with Crippen molar-refractivity contribution in [3.8, 4) is 5.75 Å². The summed E-state index contributed by atoms with van der Waals surface area (Å²) in [6, 6.07) is 20.6. The number of amides is 2. The van der Waals surface area contributed by atoms with Crippen molar-refractivity contribution >= 4 is 29.2 Å². The van der Waals surface area contributed by atoms with Crippen molar-refractivity contribution in [1.29, 1.82) is 0 Å². The van der Waals surface area contributed by atoms with Crippen LogP contribution in [0.25, 0.3) is 10.4 Å². The van der Waals surface area contributed by atoms with Crippen molar-refractivity contribution in [3.05, 3.63) is 100 Å². The Morgan fingerprint density at radius 3 is 2.40 bits per heavy atom. The number of nitrogens with one attached hydrogen (secondary N) is 1. The Morgan fingerprint density at radius 2 is 1.76 bits per heavy atom. The molecule has 0 saturated carbocycles. The maximum atomic E-state index is 14.2. The van der Waals surface area contributed by atoms with Gasteiger partial charge in [-0.2, -0.15) is 0 Å². The van der Waals surface area contributed by atoms with E-state index in [1.807, 2.05) is 30.3 Å². The molecular weight excluding hydrogens is 542 g/mol. The third-order valence-electron chi connectivity index (χ3n) is 7.13. The zero-order valence-electron chi connectivity index (χ0n) is 23.2. The van der Waals surface area contributed by atoms with Crippen molar-refractivity contribution in [2.24, 2.45) is 5.11 Å². The molecule has 2 heterocycles. The number of carbonyl (C=O) groups is 3. The lowest BCUT2D eigenvalue weighted by Crippen LogP contribution is -2.83. The van der Waals surface area contributed by atoms with Gasteiger partial charge < -0.3 is 24.3 Å². The highest BCUT2D eigenvalue weighted by atomic mass is 16.7. The minimum Gasteiger partial charge on any atom is -0.497 e. The maximum absolute atomic E-state index is 14.2. The summed E-state index contributed by atoms with van der Waals surface area (Å²) in [5.74, 6) is -3.06. The first-order chi connectivity index (χ1) is 20.2. The Hall–Kier alpha value is -4.90. The number of hydrogen-bond acceptors (Lipinski definition) is 8. The number of nitrogens with zero attached hydrogens (tertiary/aromatic N) is 4. The van der Waals surface area contributed by atoms with E-state index in [0.29, 0.717) is 11.4 Å². The summed E-state index contributed by atoms with van der Waals surface area (Å²) in [7, 11) is 1.52. The molecule has 3 aromatic carbocycles. The number of esters is 1. The molecule has 3 aromatic rings. The molecule has 0 spiro atoms. The predicted octanol–water partition coefficient (Wildman–Crippen LogP) is 4.42. The fourth-order valence-electron chi connectivity index (χ4n) is 5.14. The van der Waals surface area contributed by atoms with Gasteiger partial charge in [0.05, 0.1) is 25.0 Å². The fraction of sp³-hybridized carbons (Fsp3) is 0.300. The number of methoxy groups -OCH3 is 1. The molecule has 42 heavy (non-hydrogen) atoms. The lowest BCUT2D eigenvalue weighted by atomic mass is 9.76. The first kappa shape index (κ1) is 28.6. The van der Waals surface area contributed by atoms with Crippen LogP contribution in [0.15, 0.2) is 84.0 Å². The van der Waals surface area contributed by atoms with Crippen LogP contribution in [0.2, 0.25) is 0 Å². The van der Waals surface area contributed by atoms with Gasteiger partial charge in [0.15, 0.2) is 5.79 Å². The number of azide groups is 1. The molecule has 0 aliphatic carbocycles. The van der Waals surface area contributed by atoms with Gasteiger partial charge in [0.25, 0.3) is 17.4 Å². The van der Waals surface area contributed by atoms with Crippen molar-refractivity contribution in [2.45, 2.75) is 43.9 Å². The van der Waals surface area contributed by atoms with Crippen molar-refractivity contribution in [1.82, 2.24) is 5.32 Å². The average molecular weight is 572 g/mol. The number of anilines is 1. The number of hydrogen-bond donors (Lipinski definition) is 1. The highest BCUT2D eigenvalue weighted by molar-refractivity contribution is 6.24. The molecule has 5 rings (SSSR count). The van der Waals surface area contributed by atoms with Gasteiger partial charge in [-0.25, -0.2) is 4.79 Å². The summed E-state index contributed by atoms with van der Waals surface area (Å²) in [5, 5.41) is 6.33. The normalized spacial score (nSPS) is 22.5. The number of carbonyl (C=O) groups excluding carboxylic acids is 3. The van der Waals surface area contributed by atoms with Gasteiger partial charge in [0.2, 0.25) is 0 Å². The Labute approximate surface area is 241 Å². The van der Waals surface area contributed by atoms with Crippen molar-refractivity contribution in [3.63, 3.8) is 0 Å². The number of benzene rings is 3. The SMILES string of the molecule is COc1ccc(N2C(=O)[C@@](OC(=O)c3ccccc3N=[N+]=[N-])(C(=O)NCc3ccccc3)[C@@H]2[C@H]2COC(C)(C)O2)cc1. The molecule has 1 N–H and O–H groups in total. The fourth-order valence-corrected chi connectivity index (χ4v) is 5.14. The Bertz CT molecular complexity index is 1540. The van der Waals surface area contributed by atoms with E-state index in [0.717, 1.165) is 5.56 Å². The molecule has 2 aliphatic heterocycles. The molecular formula is C30H29N5O7. The van der Waals surface area contributed by atoms with Gasteiger partial charge in [-0.15, -0.1) is 0 Å². The van der Waals surface area contributed by atoms with E-state index in [2.05, 4.69) is 15.3 Å². The largest absolute Gasteiger partial charge is 0.497 e. The zero-order valence-corrected chi connectivity index (χ0v) is 23.2. The minimum absolute atomic E-state index is 0.0123. The van der Waals surface area contributed by atoms with Crippen LogP contribution >= 0.6 is 0 Å². The minimum atomic E-state index is -2.33. The molecule has 0 bridgehead atoms. The summed E-state index contributed by atoms with van der Waals surface area (Å²) in [5.41, 5.74) is 7.77. The lowest BCUT2D eigenvalue weighted by Gasteiger charge is -2.54. The molecule has 2 saturated heterocycles. The monoisotopic (exact) mass is 571 g/mol. The Kier molecular flexibility index (Phi) is 7.86. The molecule has 216 valence electrons. The average Bonchev–Trinajstić information content (AvgIpc) is 3.36. The van der Waals surface area contributed by atoms with Gasteiger partial charge in [0.1, 0.15) is 17.9 Å². The van der Waals surface area contributed by atoms with E-state index in [9.17, 15) is 14.4 Å². The maximum Gasteiger partial charge on any atom is 0.340 e. The van der Waals surface area contributed by atoms with E-state index in [4.69, 9.17) is 24.5 Å². The lowest BCUT2D eigenvalue weighted by molar-refractivity contribution is -0.181. The smallest absolute Gasteiger partial charge is 0.340 e. The molecule has 2 fully saturated rings. The Morgan fingerprint density at radius 1 is 1.07 bits per heavy atom. The Balaban J connectivity index is 1.58.